The predicted octanol–water partition coefficient (Wildman–Crippen LogP) is 1.82. The Balaban J connectivity index is 2.76. The van der Waals surface area contributed by atoms with Crippen molar-refractivity contribution in [3.05, 3.63) is 29.8 Å². The lowest BCUT2D eigenvalue weighted by Crippen LogP contribution is -2.23. The molecule has 0 aliphatic carbocycles. The minimum absolute atomic E-state index is 0.0772. The smallest absolute Gasteiger partial charge is 0.416 e. The third-order valence-electron chi connectivity index (χ3n) is 1.84. The van der Waals surface area contributed by atoms with Crippen molar-refractivity contribution in [2.75, 3.05) is 12.4 Å². The van der Waals surface area contributed by atoms with E-state index in [4.69, 9.17) is 0 Å². The van der Waals surface area contributed by atoms with Crippen molar-refractivity contribution in [3.8, 4) is 0 Å². The molecule has 0 unspecified atom stereocenters. The summed E-state index contributed by atoms with van der Waals surface area (Å²) in [5, 5.41) is 2.09. The lowest BCUT2D eigenvalue weighted by atomic mass is 10.2. The molecule has 1 aromatic carbocycles. The van der Waals surface area contributed by atoms with E-state index in [0.717, 1.165) is 31.4 Å². The number of amides is 1. The van der Waals surface area contributed by atoms with Crippen molar-refractivity contribution in [2.45, 2.75) is 6.18 Å². The van der Waals surface area contributed by atoms with Crippen LogP contribution >= 0.6 is 0 Å². The number of ether oxygens (including phenoxy) is 1. The summed E-state index contributed by atoms with van der Waals surface area (Å²) in [6.07, 6.45) is -4.44. The van der Waals surface area contributed by atoms with Crippen molar-refractivity contribution in [1.29, 1.82) is 0 Å². The molecule has 0 bridgehead atoms. The zero-order chi connectivity index (χ0) is 13.1. The van der Waals surface area contributed by atoms with E-state index in [2.05, 4.69) is 10.1 Å². The topological polar surface area (TPSA) is 55.4 Å². The van der Waals surface area contributed by atoms with Gasteiger partial charge in [-0.25, -0.2) is 4.79 Å². The maximum absolute atomic E-state index is 12.2. The number of benzene rings is 1. The number of halogens is 3. The normalized spacial score (nSPS) is 10.8. The van der Waals surface area contributed by atoms with E-state index < -0.39 is 23.6 Å². The van der Waals surface area contributed by atoms with Gasteiger partial charge in [0.25, 0.3) is 0 Å². The summed E-state index contributed by atoms with van der Waals surface area (Å²) >= 11 is 0. The van der Waals surface area contributed by atoms with Crippen LogP contribution in [0.5, 0.6) is 0 Å². The molecule has 17 heavy (non-hydrogen) atoms. The lowest BCUT2D eigenvalue weighted by molar-refractivity contribution is -0.150. The van der Waals surface area contributed by atoms with E-state index in [1.165, 1.54) is 0 Å². The van der Waals surface area contributed by atoms with E-state index in [9.17, 15) is 22.8 Å². The Kier molecular flexibility index (Phi) is 3.72. The van der Waals surface area contributed by atoms with Crippen LogP contribution in [0.1, 0.15) is 5.56 Å². The highest BCUT2D eigenvalue weighted by molar-refractivity contribution is 6.37. The third-order valence-corrected chi connectivity index (χ3v) is 1.84. The Morgan fingerprint density at radius 1 is 1.18 bits per heavy atom. The maximum Gasteiger partial charge on any atom is 0.416 e. The summed E-state index contributed by atoms with van der Waals surface area (Å²) in [7, 11) is 1.02. The van der Waals surface area contributed by atoms with Gasteiger partial charge < -0.3 is 10.1 Å². The number of hydrogen-bond donors (Lipinski definition) is 1. The van der Waals surface area contributed by atoms with Gasteiger partial charge in [0, 0.05) is 5.69 Å². The molecule has 92 valence electrons. The number of esters is 1. The van der Waals surface area contributed by atoms with Crippen LogP contribution in [0.15, 0.2) is 24.3 Å². The van der Waals surface area contributed by atoms with Gasteiger partial charge in [-0.1, -0.05) is 0 Å². The molecule has 1 aromatic rings. The molecule has 0 heterocycles. The predicted molar refractivity (Wildman–Crippen MR) is 52.1 cm³/mol. The van der Waals surface area contributed by atoms with Gasteiger partial charge in [-0.3, -0.25) is 4.79 Å². The van der Waals surface area contributed by atoms with Gasteiger partial charge in [0.05, 0.1) is 12.7 Å². The second kappa shape index (κ2) is 4.86. The number of hydrogen-bond acceptors (Lipinski definition) is 3. The van der Waals surface area contributed by atoms with Gasteiger partial charge in [-0.05, 0) is 24.3 Å². The van der Waals surface area contributed by atoms with Gasteiger partial charge in [-0.15, -0.1) is 0 Å². The minimum atomic E-state index is -4.44. The second-order valence-corrected chi connectivity index (χ2v) is 3.02. The van der Waals surface area contributed by atoms with Gasteiger partial charge >= 0.3 is 18.1 Å². The van der Waals surface area contributed by atoms with Gasteiger partial charge in [-0.2, -0.15) is 13.2 Å². The van der Waals surface area contributed by atoms with E-state index in [0.29, 0.717) is 0 Å². The van der Waals surface area contributed by atoms with Crippen LogP contribution in [0, 0.1) is 0 Å². The molecular weight excluding hydrogens is 239 g/mol. The number of carbonyl (C=O) groups excluding carboxylic acids is 2. The van der Waals surface area contributed by atoms with Gasteiger partial charge in [0.2, 0.25) is 0 Å². The SMILES string of the molecule is COC(=O)C(=O)Nc1ccc(C(F)(F)F)cc1. The highest BCUT2D eigenvalue weighted by atomic mass is 19.4. The zero-order valence-corrected chi connectivity index (χ0v) is 8.67. The van der Waals surface area contributed by atoms with Crippen molar-refractivity contribution < 1.29 is 27.5 Å². The van der Waals surface area contributed by atoms with Crippen molar-refractivity contribution >= 4 is 17.6 Å². The summed E-state index contributed by atoms with van der Waals surface area (Å²) in [6, 6.07) is 3.69. The quantitative estimate of drug-likeness (QED) is 0.608. The molecule has 0 atom stereocenters. The van der Waals surface area contributed by atoms with E-state index >= 15 is 0 Å². The minimum Gasteiger partial charge on any atom is -0.462 e. The van der Waals surface area contributed by atoms with E-state index in [1.807, 2.05) is 0 Å². The summed E-state index contributed by atoms with van der Waals surface area (Å²) in [6.45, 7) is 0. The van der Waals surface area contributed by atoms with Crippen LogP contribution in [0.2, 0.25) is 0 Å². The standard InChI is InChI=1S/C10H8F3NO3/c1-17-9(16)8(15)14-7-4-2-6(3-5-7)10(11,12)13/h2-5H,1H3,(H,14,15). The number of carbonyl (C=O) groups is 2. The highest BCUT2D eigenvalue weighted by Crippen LogP contribution is 2.29. The Morgan fingerprint density at radius 2 is 1.71 bits per heavy atom. The highest BCUT2D eigenvalue weighted by Gasteiger charge is 2.30. The molecular formula is C10H8F3NO3. The van der Waals surface area contributed by atoms with Crippen LogP contribution in [-0.2, 0) is 20.5 Å². The average Bonchev–Trinajstić information content (AvgIpc) is 2.27. The fourth-order valence-electron chi connectivity index (χ4n) is 1.02. The third kappa shape index (κ3) is 3.47. The van der Waals surface area contributed by atoms with Crippen molar-refractivity contribution in [1.82, 2.24) is 0 Å². The molecule has 0 spiro atoms. The van der Waals surface area contributed by atoms with Crippen LogP contribution in [-0.4, -0.2) is 19.0 Å². The number of nitrogens with one attached hydrogen (secondary N) is 1. The monoisotopic (exact) mass is 247 g/mol. The zero-order valence-electron chi connectivity index (χ0n) is 8.67. The Morgan fingerprint density at radius 3 is 2.12 bits per heavy atom. The molecule has 0 aromatic heterocycles. The average molecular weight is 247 g/mol. The number of anilines is 1. The lowest BCUT2D eigenvalue weighted by Gasteiger charge is -2.07. The molecule has 0 aliphatic heterocycles. The number of methoxy groups -OCH3 is 1. The van der Waals surface area contributed by atoms with Gasteiger partial charge in [0.15, 0.2) is 0 Å². The molecule has 0 saturated heterocycles. The molecule has 1 N–H and O–H groups in total. The molecule has 7 heteroatoms. The van der Waals surface area contributed by atoms with Crippen LogP contribution in [0.25, 0.3) is 0 Å². The van der Waals surface area contributed by atoms with Crippen molar-refractivity contribution in [3.63, 3.8) is 0 Å². The fraction of sp³-hybridized carbons (Fsp3) is 0.200. The molecule has 0 radical (unpaired) electrons. The largest absolute Gasteiger partial charge is 0.462 e. The Labute approximate surface area is 94.4 Å². The number of rotatable bonds is 1. The molecule has 1 amide bonds. The first-order valence-corrected chi connectivity index (χ1v) is 4.41. The second-order valence-electron chi connectivity index (χ2n) is 3.02. The Hall–Kier alpha value is -2.05. The van der Waals surface area contributed by atoms with Crippen LogP contribution in [0.3, 0.4) is 0 Å². The van der Waals surface area contributed by atoms with Crippen LogP contribution in [0.4, 0.5) is 18.9 Å². The first kappa shape index (κ1) is 13.0. The van der Waals surface area contributed by atoms with Crippen molar-refractivity contribution in [2.24, 2.45) is 0 Å². The molecule has 1 rings (SSSR count). The summed E-state index contributed by atoms with van der Waals surface area (Å²) < 4.78 is 40.7. The molecule has 0 saturated carbocycles. The van der Waals surface area contributed by atoms with Crippen LogP contribution < -0.4 is 5.32 Å². The fourth-order valence-corrected chi connectivity index (χ4v) is 1.02. The maximum atomic E-state index is 12.2. The first-order chi connectivity index (χ1) is 7.84. The summed E-state index contributed by atoms with van der Waals surface area (Å²) in [5.41, 5.74) is -0.762. The Bertz CT molecular complexity index is 425. The molecule has 4 nitrogen and oxygen atoms in total. The van der Waals surface area contributed by atoms with Gasteiger partial charge in [0.1, 0.15) is 0 Å². The van der Waals surface area contributed by atoms with E-state index in [-0.39, 0.29) is 5.69 Å². The summed E-state index contributed by atoms with van der Waals surface area (Å²) in [5.74, 6) is -2.17. The molecule has 0 fully saturated rings. The number of alkyl halides is 3. The first-order valence-electron chi connectivity index (χ1n) is 4.41. The summed E-state index contributed by atoms with van der Waals surface area (Å²) in [4.78, 5) is 21.7. The molecule has 0 aliphatic rings. The van der Waals surface area contributed by atoms with E-state index in [1.54, 1.807) is 0 Å².